The summed E-state index contributed by atoms with van der Waals surface area (Å²) in [5, 5.41) is 3.03. The molecule has 5 rings (SSSR count). The van der Waals surface area contributed by atoms with Crippen LogP contribution in [-0.2, 0) is 23.1 Å². The topological polar surface area (TPSA) is 64.4 Å². The zero-order valence-electron chi connectivity index (χ0n) is 20.4. The van der Waals surface area contributed by atoms with Gasteiger partial charge in [-0.25, -0.2) is 13.4 Å². The summed E-state index contributed by atoms with van der Waals surface area (Å²) in [5.41, 5.74) is 2.98. The molecule has 0 atom stereocenters. The molecule has 0 spiro atoms. The molecule has 0 radical (unpaired) electrons. The maximum absolute atomic E-state index is 13.7. The van der Waals surface area contributed by atoms with E-state index in [9.17, 15) is 8.42 Å². The molecule has 0 aliphatic heterocycles. The summed E-state index contributed by atoms with van der Waals surface area (Å²) >= 11 is 1.61. The number of ether oxygens (including phenoxy) is 1. The Morgan fingerprint density at radius 3 is 2.47 bits per heavy atom. The first-order chi connectivity index (χ1) is 17.5. The second-order valence-electron chi connectivity index (χ2n) is 9.16. The van der Waals surface area contributed by atoms with Gasteiger partial charge in [0.05, 0.1) is 30.8 Å². The van der Waals surface area contributed by atoms with Crippen LogP contribution in [0.25, 0.3) is 10.6 Å². The summed E-state index contributed by atoms with van der Waals surface area (Å²) in [6, 6.07) is 20.7. The van der Waals surface area contributed by atoms with Crippen LogP contribution in [0.15, 0.2) is 83.2 Å². The van der Waals surface area contributed by atoms with Gasteiger partial charge in [0.15, 0.2) is 0 Å². The van der Waals surface area contributed by atoms with E-state index in [0.29, 0.717) is 18.0 Å². The van der Waals surface area contributed by atoms with Gasteiger partial charge < -0.3 is 9.30 Å². The summed E-state index contributed by atoms with van der Waals surface area (Å²) in [4.78, 5) is 5.20. The van der Waals surface area contributed by atoms with Crippen LogP contribution >= 0.6 is 11.3 Å². The summed E-state index contributed by atoms with van der Waals surface area (Å²) in [6.45, 7) is 0.948. The molecule has 0 bridgehead atoms. The third-order valence-corrected chi connectivity index (χ3v) is 9.65. The fourth-order valence-corrected chi connectivity index (χ4v) is 7.33. The molecular formula is C28H31N3O3S2. The SMILES string of the molecule is COc1ccc(-c2nc(Cn3cccc3CN(C3CCCCC3)S(=O)(=O)c3ccccc3)cs2)cc1. The van der Waals surface area contributed by atoms with Crippen molar-refractivity contribution in [1.82, 2.24) is 13.9 Å². The van der Waals surface area contributed by atoms with Crippen molar-refractivity contribution in [2.75, 3.05) is 7.11 Å². The highest BCUT2D eigenvalue weighted by Gasteiger charge is 2.33. The van der Waals surface area contributed by atoms with Crippen LogP contribution in [0.3, 0.4) is 0 Å². The number of sulfonamides is 1. The van der Waals surface area contributed by atoms with Crippen molar-refractivity contribution < 1.29 is 13.2 Å². The predicted molar refractivity (Wildman–Crippen MR) is 144 cm³/mol. The average Bonchev–Trinajstić information content (AvgIpc) is 3.58. The molecule has 1 aliphatic rings. The quantitative estimate of drug-likeness (QED) is 0.263. The van der Waals surface area contributed by atoms with Crippen LogP contribution in [0, 0.1) is 0 Å². The Balaban J connectivity index is 1.38. The number of nitrogens with zero attached hydrogens (tertiary/aromatic N) is 3. The zero-order chi connectivity index (χ0) is 25.0. The molecule has 0 N–H and O–H groups in total. The predicted octanol–water partition coefficient (Wildman–Crippen LogP) is 6.19. The maximum Gasteiger partial charge on any atom is 0.243 e. The van der Waals surface area contributed by atoms with Crippen molar-refractivity contribution in [3.63, 3.8) is 0 Å². The lowest BCUT2D eigenvalue weighted by Gasteiger charge is -2.33. The molecule has 0 amide bonds. The molecule has 4 aromatic rings. The number of rotatable bonds is 9. The number of hydrogen-bond acceptors (Lipinski definition) is 5. The van der Waals surface area contributed by atoms with Crippen LogP contribution in [0.2, 0.25) is 0 Å². The van der Waals surface area contributed by atoms with Gasteiger partial charge >= 0.3 is 0 Å². The molecule has 1 fully saturated rings. The van der Waals surface area contributed by atoms with E-state index in [1.807, 2.05) is 48.7 Å². The van der Waals surface area contributed by atoms with Crippen LogP contribution in [-0.4, -0.2) is 35.4 Å². The van der Waals surface area contributed by atoms with Crippen molar-refractivity contribution in [1.29, 1.82) is 0 Å². The average molecular weight is 522 g/mol. The lowest BCUT2D eigenvalue weighted by atomic mass is 9.95. The second kappa shape index (κ2) is 11.0. The molecular weight excluding hydrogens is 490 g/mol. The highest BCUT2D eigenvalue weighted by Crippen LogP contribution is 2.30. The van der Waals surface area contributed by atoms with Gasteiger partial charge in [-0.05, 0) is 61.4 Å². The molecule has 36 heavy (non-hydrogen) atoms. The van der Waals surface area contributed by atoms with Crippen LogP contribution < -0.4 is 4.74 Å². The molecule has 8 heteroatoms. The van der Waals surface area contributed by atoms with Crippen molar-refractivity contribution in [2.24, 2.45) is 0 Å². The summed E-state index contributed by atoms with van der Waals surface area (Å²) in [5.74, 6) is 0.820. The van der Waals surface area contributed by atoms with E-state index in [1.54, 1.807) is 47.0 Å². The van der Waals surface area contributed by atoms with Gasteiger partial charge in [0.25, 0.3) is 0 Å². The summed E-state index contributed by atoms with van der Waals surface area (Å²) in [6.07, 6.45) is 7.13. The molecule has 0 saturated heterocycles. The number of aromatic nitrogens is 2. The van der Waals surface area contributed by atoms with E-state index in [2.05, 4.69) is 9.95 Å². The Hall–Kier alpha value is -2.94. The molecule has 2 heterocycles. The first-order valence-corrected chi connectivity index (χ1v) is 14.7. The van der Waals surface area contributed by atoms with Crippen LogP contribution in [0.1, 0.15) is 43.5 Å². The van der Waals surface area contributed by atoms with E-state index in [4.69, 9.17) is 9.72 Å². The van der Waals surface area contributed by atoms with Crippen molar-refractivity contribution in [3.8, 4) is 16.3 Å². The Kier molecular flexibility index (Phi) is 7.55. The minimum Gasteiger partial charge on any atom is -0.497 e. The molecule has 6 nitrogen and oxygen atoms in total. The Morgan fingerprint density at radius 2 is 1.75 bits per heavy atom. The summed E-state index contributed by atoms with van der Waals surface area (Å²) < 4.78 is 36.6. The highest BCUT2D eigenvalue weighted by atomic mass is 32.2. The monoisotopic (exact) mass is 521 g/mol. The van der Waals surface area contributed by atoms with E-state index in [0.717, 1.165) is 53.4 Å². The van der Waals surface area contributed by atoms with E-state index < -0.39 is 10.0 Å². The van der Waals surface area contributed by atoms with Gasteiger partial charge in [0.2, 0.25) is 10.0 Å². The van der Waals surface area contributed by atoms with Crippen molar-refractivity contribution in [2.45, 2.75) is 56.1 Å². The molecule has 0 unspecified atom stereocenters. The molecule has 2 aromatic carbocycles. The number of thiazole rings is 1. The smallest absolute Gasteiger partial charge is 0.243 e. The van der Waals surface area contributed by atoms with Crippen LogP contribution in [0.4, 0.5) is 0 Å². The molecule has 2 aromatic heterocycles. The molecule has 1 aliphatic carbocycles. The van der Waals surface area contributed by atoms with E-state index in [-0.39, 0.29) is 6.04 Å². The first kappa shape index (κ1) is 24.7. The van der Waals surface area contributed by atoms with Gasteiger partial charge in [-0.2, -0.15) is 4.31 Å². The third kappa shape index (κ3) is 5.40. The number of hydrogen-bond donors (Lipinski definition) is 0. The summed E-state index contributed by atoms with van der Waals surface area (Å²) in [7, 11) is -1.95. The van der Waals surface area contributed by atoms with Gasteiger partial charge in [0, 0.05) is 28.9 Å². The minimum atomic E-state index is -3.61. The van der Waals surface area contributed by atoms with E-state index in [1.165, 1.54) is 6.42 Å². The fourth-order valence-electron chi connectivity index (χ4n) is 4.83. The number of methoxy groups -OCH3 is 1. The third-order valence-electron chi connectivity index (χ3n) is 6.79. The van der Waals surface area contributed by atoms with Gasteiger partial charge in [-0.3, -0.25) is 0 Å². The van der Waals surface area contributed by atoms with Gasteiger partial charge in [-0.15, -0.1) is 11.3 Å². The molecule has 1 saturated carbocycles. The van der Waals surface area contributed by atoms with Gasteiger partial charge in [0.1, 0.15) is 10.8 Å². The minimum absolute atomic E-state index is 0.0215. The maximum atomic E-state index is 13.7. The lowest BCUT2D eigenvalue weighted by Crippen LogP contribution is -2.41. The standard InChI is InChI=1S/C28H31N3O3S2/c1-34-26-16-14-22(15-17-26)28-29-23(21-35-28)19-30-18-8-11-25(30)20-31(24-9-4-2-5-10-24)36(32,33)27-12-6-3-7-13-27/h3,6-8,11-18,21,24H,2,4-5,9-10,19-20H2,1H3. The van der Waals surface area contributed by atoms with Crippen LogP contribution in [0.5, 0.6) is 5.75 Å². The zero-order valence-corrected chi connectivity index (χ0v) is 22.0. The lowest BCUT2D eigenvalue weighted by molar-refractivity contribution is 0.244. The Labute approximate surface area is 217 Å². The normalized spacial score (nSPS) is 14.8. The Bertz CT molecular complexity index is 1370. The highest BCUT2D eigenvalue weighted by molar-refractivity contribution is 7.89. The largest absolute Gasteiger partial charge is 0.497 e. The fraction of sp³-hybridized carbons (Fsp3) is 0.321. The van der Waals surface area contributed by atoms with Crippen molar-refractivity contribution in [3.05, 3.63) is 89.7 Å². The number of benzene rings is 2. The van der Waals surface area contributed by atoms with Crippen molar-refractivity contribution >= 4 is 21.4 Å². The van der Waals surface area contributed by atoms with Gasteiger partial charge in [-0.1, -0.05) is 37.5 Å². The van der Waals surface area contributed by atoms with E-state index >= 15 is 0 Å². The molecule has 188 valence electrons. The second-order valence-corrected chi connectivity index (χ2v) is 11.9. The first-order valence-electron chi connectivity index (χ1n) is 12.3. The Morgan fingerprint density at radius 1 is 1.00 bits per heavy atom.